The van der Waals surface area contributed by atoms with Crippen molar-refractivity contribution in [3.63, 3.8) is 0 Å². The Balaban J connectivity index is 1.80. The maximum atomic E-state index is 14.6. The monoisotopic (exact) mass is 625 g/mol. The van der Waals surface area contributed by atoms with Gasteiger partial charge in [0.15, 0.2) is 20.5 Å². The molecule has 8 heteroatoms. The minimum absolute atomic E-state index is 0.221. The highest BCUT2D eigenvalue weighted by molar-refractivity contribution is 6.74. The summed E-state index contributed by atoms with van der Waals surface area (Å²) in [6.07, 6.45) is -1.90. The van der Waals surface area contributed by atoms with E-state index < -0.39 is 32.5 Å². The van der Waals surface area contributed by atoms with Gasteiger partial charge in [0.2, 0.25) is 0 Å². The largest absolute Gasteiger partial charge is 0.497 e. The Morgan fingerprint density at radius 1 is 0.667 bits per heavy atom. The quantitative estimate of drug-likeness (QED) is 0.127. The van der Waals surface area contributed by atoms with Gasteiger partial charge in [-0.25, -0.2) is 4.79 Å². The van der Waals surface area contributed by atoms with E-state index in [4.69, 9.17) is 18.6 Å². The fourth-order valence-corrected chi connectivity index (χ4v) is 5.84. The molecule has 45 heavy (non-hydrogen) atoms. The minimum Gasteiger partial charge on any atom is -0.497 e. The highest BCUT2D eigenvalue weighted by atomic mass is 28.4. The van der Waals surface area contributed by atoms with E-state index in [0.717, 1.165) is 16.7 Å². The highest BCUT2D eigenvalue weighted by Gasteiger charge is 2.45. The third kappa shape index (κ3) is 8.41. The van der Waals surface area contributed by atoms with E-state index in [1.165, 1.54) is 0 Å². The summed E-state index contributed by atoms with van der Waals surface area (Å²) in [5.74, 6) is 0.470. The molecule has 0 aliphatic rings. The van der Waals surface area contributed by atoms with Crippen molar-refractivity contribution >= 4 is 20.2 Å². The molecule has 7 nitrogen and oxygen atoms in total. The minimum atomic E-state index is -2.58. The van der Waals surface area contributed by atoms with Crippen molar-refractivity contribution in [1.29, 1.82) is 0 Å². The second-order valence-corrected chi connectivity index (χ2v) is 17.1. The van der Waals surface area contributed by atoms with Crippen LogP contribution in [0.4, 0.5) is 0 Å². The Hall–Kier alpha value is -4.40. The number of carbonyl (C=O) groups is 2. The van der Waals surface area contributed by atoms with Crippen LogP contribution in [0.3, 0.4) is 0 Å². The van der Waals surface area contributed by atoms with Crippen LogP contribution in [0.15, 0.2) is 109 Å². The summed E-state index contributed by atoms with van der Waals surface area (Å²) in [7, 11) is 0.631. The Labute approximate surface area is 267 Å². The molecule has 0 bridgehead atoms. The van der Waals surface area contributed by atoms with Crippen molar-refractivity contribution in [2.75, 3.05) is 14.2 Å². The number of rotatable bonds is 12. The van der Waals surface area contributed by atoms with Crippen molar-refractivity contribution < 1.29 is 28.2 Å². The first-order valence-electron chi connectivity index (χ1n) is 15.0. The molecule has 0 spiro atoms. The van der Waals surface area contributed by atoms with Gasteiger partial charge in [-0.2, -0.15) is 0 Å². The molecule has 0 radical (unpaired) electrons. The van der Waals surface area contributed by atoms with E-state index in [1.54, 1.807) is 38.5 Å². The number of hydrogen-bond donors (Lipinski definition) is 1. The van der Waals surface area contributed by atoms with E-state index in [2.05, 4.69) is 39.2 Å². The van der Waals surface area contributed by atoms with Crippen LogP contribution in [0.2, 0.25) is 18.1 Å². The lowest BCUT2D eigenvalue weighted by Gasteiger charge is -2.41. The van der Waals surface area contributed by atoms with Gasteiger partial charge in [-0.05, 0) is 71.2 Å². The van der Waals surface area contributed by atoms with Gasteiger partial charge >= 0.3 is 5.97 Å². The third-order valence-corrected chi connectivity index (χ3v) is 12.8. The molecule has 0 unspecified atom stereocenters. The van der Waals surface area contributed by atoms with Crippen LogP contribution in [-0.2, 0) is 14.0 Å². The molecule has 1 amide bonds. The van der Waals surface area contributed by atoms with Crippen LogP contribution in [0.25, 0.3) is 0 Å². The summed E-state index contributed by atoms with van der Waals surface area (Å²) >= 11 is 0. The van der Waals surface area contributed by atoms with Crippen LogP contribution in [0, 0.1) is 0 Å². The number of ether oxygens (including phenoxy) is 3. The highest BCUT2D eigenvalue weighted by Crippen LogP contribution is 2.40. The molecule has 0 aliphatic heterocycles. The standard InChI is InChI=1S/C37H43NO6Si/c1-37(2,3)45(6,7)44-34(32(26-14-10-8-11-15-26)38-35(39)29-16-12-9-13-17-29)36(40)43-33(27-18-22-30(41-4)23-19-27)28-20-24-31(42-5)25-21-28/h8-25,32-34H,1-7H3,(H,38,39)/t32-,34+/m0/s1. The molecule has 4 aromatic rings. The molecule has 236 valence electrons. The molecule has 0 saturated carbocycles. The molecule has 0 aromatic heterocycles. The van der Waals surface area contributed by atoms with Crippen LogP contribution in [0.1, 0.15) is 60.0 Å². The van der Waals surface area contributed by atoms with Crippen molar-refractivity contribution in [2.24, 2.45) is 0 Å². The first-order chi connectivity index (χ1) is 21.4. The maximum absolute atomic E-state index is 14.6. The van der Waals surface area contributed by atoms with Crippen molar-refractivity contribution in [3.8, 4) is 11.5 Å². The predicted octanol–water partition coefficient (Wildman–Crippen LogP) is 7.90. The lowest BCUT2D eigenvalue weighted by Crippen LogP contribution is -2.51. The number of hydrogen-bond acceptors (Lipinski definition) is 6. The molecular formula is C37H43NO6Si. The van der Waals surface area contributed by atoms with Crippen LogP contribution in [-0.4, -0.2) is 40.5 Å². The summed E-state index contributed by atoms with van der Waals surface area (Å²) in [5, 5.41) is 2.89. The van der Waals surface area contributed by atoms with Gasteiger partial charge in [0, 0.05) is 5.56 Å². The maximum Gasteiger partial charge on any atom is 0.337 e. The molecule has 0 aliphatic carbocycles. The van der Waals surface area contributed by atoms with Crippen LogP contribution < -0.4 is 14.8 Å². The zero-order valence-electron chi connectivity index (χ0n) is 27.1. The second kappa shape index (κ2) is 14.6. The second-order valence-electron chi connectivity index (χ2n) is 12.4. The zero-order chi connectivity index (χ0) is 32.6. The number of esters is 1. The molecule has 2 atom stereocenters. The van der Waals surface area contributed by atoms with E-state index in [1.807, 2.05) is 84.9 Å². The topological polar surface area (TPSA) is 83.1 Å². The van der Waals surface area contributed by atoms with Gasteiger partial charge in [0.05, 0.1) is 20.3 Å². The summed E-state index contributed by atoms with van der Waals surface area (Å²) in [5.41, 5.74) is 2.72. The summed E-state index contributed by atoms with van der Waals surface area (Å²) < 4.78 is 24.0. The third-order valence-electron chi connectivity index (χ3n) is 8.32. The molecular weight excluding hydrogens is 582 g/mol. The molecule has 0 fully saturated rings. The Bertz CT molecular complexity index is 1490. The van der Waals surface area contributed by atoms with Crippen LogP contribution in [0.5, 0.6) is 11.5 Å². The molecule has 1 N–H and O–H groups in total. The van der Waals surface area contributed by atoms with Crippen molar-refractivity contribution in [2.45, 2.75) is 57.2 Å². The van der Waals surface area contributed by atoms with Crippen LogP contribution >= 0.6 is 0 Å². The Kier molecular flexibility index (Phi) is 10.9. The van der Waals surface area contributed by atoms with E-state index in [-0.39, 0.29) is 10.9 Å². The molecule has 0 heterocycles. The smallest absolute Gasteiger partial charge is 0.337 e. The number of benzene rings is 4. The SMILES string of the molecule is COc1ccc(C(OC(=O)[C@H](O[Si](C)(C)C(C)(C)C)[C@@H](NC(=O)c2ccccc2)c2ccccc2)c2ccc(OC)cc2)cc1. The number of methoxy groups -OCH3 is 2. The average molecular weight is 626 g/mol. The zero-order valence-corrected chi connectivity index (χ0v) is 28.1. The summed E-state index contributed by atoms with van der Waals surface area (Å²) in [4.78, 5) is 28.1. The lowest BCUT2D eigenvalue weighted by atomic mass is 9.99. The first kappa shape index (κ1) is 33.5. The molecule has 0 saturated heterocycles. The van der Waals surface area contributed by atoms with E-state index >= 15 is 0 Å². The van der Waals surface area contributed by atoms with Gasteiger partial charge in [-0.3, -0.25) is 4.79 Å². The Morgan fingerprint density at radius 3 is 1.58 bits per heavy atom. The van der Waals surface area contributed by atoms with Crippen molar-refractivity contribution in [3.05, 3.63) is 131 Å². The van der Waals surface area contributed by atoms with Gasteiger partial charge in [0.25, 0.3) is 5.91 Å². The summed E-state index contributed by atoms with van der Waals surface area (Å²) in [6, 6.07) is 32.3. The molecule has 4 rings (SSSR count). The normalized spacial score (nSPS) is 13.1. The average Bonchev–Trinajstić information content (AvgIpc) is 3.05. The van der Waals surface area contributed by atoms with Gasteiger partial charge < -0.3 is 24.0 Å². The van der Waals surface area contributed by atoms with Crippen molar-refractivity contribution in [1.82, 2.24) is 5.32 Å². The fourth-order valence-electron chi connectivity index (χ4n) is 4.62. The number of carbonyl (C=O) groups excluding carboxylic acids is 2. The summed E-state index contributed by atoms with van der Waals surface area (Å²) in [6.45, 7) is 10.5. The van der Waals surface area contributed by atoms with Gasteiger partial charge in [-0.1, -0.05) is 93.6 Å². The Morgan fingerprint density at radius 2 is 1.13 bits per heavy atom. The number of nitrogens with one attached hydrogen (secondary N) is 1. The number of amides is 1. The predicted molar refractivity (Wildman–Crippen MR) is 179 cm³/mol. The first-order valence-corrected chi connectivity index (χ1v) is 17.9. The molecule has 4 aromatic carbocycles. The van der Waals surface area contributed by atoms with E-state index in [0.29, 0.717) is 17.1 Å². The lowest BCUT2D eigenvalue weighted by molar-refractivity contribution is -0.158. The van der Waals surface area contributed by atoms with Gasteiger partial charge in [0.1, 0.15) is 11.5 Å². The van der Waals surface area contributed by atoms with Gasteiger partial charge in [-0.15, -0.1) is 0 Å². The fraction of sp³-hybridized carbons (Fsp3) is 0.297. The van der Waals surface area contributed by atoms with E-state index in [9.17, 15) is 9.59 Å².